The van der Waals surface area contributed by atoms with Gasteiger partial charge in [-0.1, -0.05) is 18.5 Å². The first-order valence-corrected chi connectivity index (χ1v) is 6.11. The molecule has 5 N–H and O–H groups in total. The summed E-state index contributed by atoms with van der Waals surface area (Å²) in [5, 5.41) is 8.62. The lowest BCUT2D eigenvalue weighted by molar-refractivity contribution is -0.139. The third-order valence-corrected chi connectivity index (χ3v) is 3.36. The lowest BCUT2D eigenvalue weighted by Gasteiger charge is -2.22. The summed E-state index contributed by atoms with van der Waals surface area (Å²) in [5.74, 6) is -2.08. The van der Waals surface area contributed by atoms with E-state index in [-0.39, 0.29) is 17.0 Å². The van der Waals surface area contributed by atoms with Gasteiger partial charge in [0.1, 0.15) is 6.04 Å². The monoisotopic (exact) mass is 310 g/mol. The van der Waals surface area contributed by atoms with Crippen LogP contribution in [-0.2, 0) is 11.0 Å². The standard InChI is InChI=1S/C12H14ClF3N2O2/c1-2-6(9(17)11(19)20)5-3-7(12(14,15)16)10(18)8(13)4-5/h3-4,6,9H,2,17-18H2,1H3,(H,19,20). The van der Waals surface area contributed by atoms with Crippen LogP contribution in [0.1, 0.15) is 30.4 Å². The molecule has 1 rings (SSSR count). The zero-order valence-electron chi connectivity index (χ0n) is 10.5. The Morgan fingerprint density at radius 2 is 2.00 bits per heavy atom. The molecule has 0 saturated heterocycles. The Hall–Kier alpha value is -1.47. The van der Waals surface area contributed by atoms with Crippen molar-refractivity contribution < 1.29 is 23.1 Å². The maximum absolute atomic E-state index is 12.8. The molecule has 0 aliphatic carbocycles. The first kappa shape index (κ1) is 16.6. The van der Waals surface area contributed by atoms with Crippen molar-refractivity contribution in [3.63, 3.8) is 0 Å². The van der Waals surface area contributed by atoms with Crippen LogP contribution < -0.4 is 11.5 Å². The summed E-state index contributed by atoms with van der Waals surface area (Å²) in [4.78, 5) is 10.9. The fourth-order valence-corrected chi connectivity index (χ4v) is 2.18. The molecule has 0 aromatic heterocycles. The van der Waals surface area contributed by atoms with Crippen LogP contribution in [0.2, 0.25) is 5.02 Å². The molecule has 4 nitrogen and oxygen atoms in total. The van der Waals surface area contributed by atoms with Gasteiger partial charge in [0.05, 0.1) is 16.3 Å². The highest BCUT2D eigenvalue weighted by atomic mass is 35.5. The fraction of sp³-hybridized carbons (Fsp3) is 0.417. The van der Waals surface area contributed by atoms with E-state index in [0.29, 0.717) is 0 Å². The van der Waals surface area contributed by atoms with Gasteiger partial charge in [0, 0.05) is 5.92 Å². The van der Waals surface area contributed by atoms with Gasteiger partial charge >= 0.3 is 12.1 Å². The van der Waals surface area contributed by atoms with E-state index in [2.05, 4.69) is 0 Å². The highest BCUT2D eigenvalue weighted by Gasteiger charge is 2.35. The number of carbonyl (C=O) groups is 1. The number of nitrogen functional groups attached to an aromatic ring is 1. The number of carboxylic acid groups (broad SMARTS) is 1. The number of aliphatic carboxylic acids is 1. The van der Waals surface area contributed by atoms with Crippen LogP contribution in [0.25, 0.3) is 0 Å². The number of halogens is 4. The minimum absolute atomic E-state index is 0.105. The number of benzene rings is 1. The molecule has 20 heavy (non-hydrogen) atoms. The van der Waals surface area contributed by atoms with E-state index >= 15 is 0 Å². The molecule has 1 aromatic rings. The van der Waals surface area contributed by atoms with Gasteiger partial charge < -0.3 is 16.6 Å². The van der Waals surface area contributed by atoms with Gasteiger partial charge in [-0.3, -0.25) is 4.79 Å². The molecule has 0 aliphatic rings. The number of carboxylic acids is 1. The van der Waals surface area contributed by atoms with Crippen molar-refractivity contribution in [2.24, 2.45) is 5.73 Å². The lowest BCUT2D eigenvalue weighted by Crippen LogP contribution is -2.36. The second kappa shape index (κ2) is 5.88. The number of hydrogen-bond donors (Lipinski definition) is 3. The Morgan fingerprint density at radius 3 is 2.40 bits per heavy atom. The minimum Gasteiger partial charge on any atom is -0.480 e. The largest absolute Gasteiger partial charge is 0.480 e. The number of rotatable bonds is 4. The normalized spacial score (nSPS) is 14.9. The predicted molar refractivity (Wildman–Crippen MR) is 69.5 cm³/mol. The average Bonchev–Trinajstić information content (AvgIpc) is 2.32. The molecule has 2 unspecified atom stereocenters. The quantitative estimate of drug-likeness (QED) is 0.746. The smallest absolute Gasteiger partial charge is 0.418 e. The van der Waals surface area contributed by atoms with Gasteiger partial charge in [-0.05, 0) is 24.1 Å². The van der Waals surface area contributed by atoms with E-state index in [1.54, 1.807) is 6.92 Å². The molecule has 112 valence electrons. The van der Waals surface area contributed by atoms with Crippen LogP contribution in [-0.4, -0.2) is 17.1 Å². The first-order valence-electron chi connectivity index (χ1n) is 5.74. The SMILES string of the molecule is CCC(c1cc(Cl)c(N)c(C(F)(F)F)c1)C(N)C(=O)O. The summed E-state index contributed by atoms with van der Waals surface area (Å²) in [6, 6.07) is 0.710. The van der Waals surface area contributed by atoms with Gasteiger partial charge in [-0.15, -0.1) is 0 Å². The number of nitrogens with two attached hydrogens (primary N) is 2. The van der Waals surface area contributed by atoms with E-state index in [1.807, 2.05) is 0 Å². The second-order valence-electron chi connectivity index (χ2n) is 4.34. The first-order chi connectivity index (χ1) is 9.09. The van der Waals surface area contributed by atoms with Crippen molar-refractivity contribution in [1.82, 2.24) is 0 Å². The van der Waals surface area contributed by atoms with Gasteiger partial charge in [0.25, 0.3) is 0 Å². The molecule has 2 atom stereocenters. The van der Waals surface area contributed by atoms with Gasteiger partial charge in [-0.25, -0.2) is 0 Å². The number of anilines is 1. The summed E-state index contributed by atoms with van der Waals surface area (Å²) < 4.78 is 38.5. The van der Waals surface area contributed by atoms with Crippen LogP contribution >= 0.6 is 11.6 Å². The third-order valence-electron chi connectivity index (χ3n) is 3.04. The number of alkyl halides is 3. The fourth-order valence-electron chi connectivity index (χ4n) is 1.96. The molecule has 0 heterocycles. The van der Waals surface area contributed by atoms with Crippen molar-refractivity contribution >= 4 is 23.3 Å². The highest BCUT2D eigenvalue weighted by Crippen LogP contribution is 2.40. The summed E-state index contributed by atoms with van der Waals surface area (Å²) in [6.07, 6.45) is -4.42. The molecule has 1 aromatic carbocycles. The average molecular weight is 311 g/mol. The Balaban J connectivity index is 3.39. The molecule has 0 radical (unpaired) electrons. The van der Waals surface area contributed by atoms with E-state index in [4.69, 9.17) is 28.2 Å². The zero-order valence-corrected chi connectivity index (χ0v) is 11.3. The Bertz CT molecular complexity index is 520. The Labute approximate surface area is 118 Å². The highest BCUT2D eigenvalue weighted by molar-refractivity contribution is 6.33. The maximum Gasteiger partial charge on any atom is 0.418 e. The Morgan fingerprint density at radius 1 is 1.45 bits per heavy atom. The van der Waals surface area contributed by atoms with Crippen molar-refractivity contribution in [3.05, 3.63) is 28.3 Å². The molecular weight excluding hydrogens is 297 g/mol. The van der Waals surface area contributed by atoms with Crippen molar-refractivity contribution in [1.29, 1.82) is 0 Å². The lowest BCUT2D eigenvalue weighted by atomic mass is 9.88. The summed E-state index contributed by atoms with van der Waals surface area (Å²) in [5.41, 5.74) is 9.25. The van der Waals surface area contributed by atoms with Crippen molar-refractivity contribution in [2.45, 2.75) is 31.5 Å². The number of hydrogen-bond acceptors (Lipinski definition) is 3. The molecule has 0 fully saturated rings. The van der Waals surface area contributed by atoms with Crippen molar-refractivity contribution in [2.75, 3.05) is 5.73 Å². The van der Waals surface area contributed by atoms with Crippen LogP contribution in [0.5, 0.6) is 0 Å². The van der Waals surface area contributed by atoms with Gasteiger partial charge in [0.2, 0.25) is 0 Å². The van der Waals surface area contributed by atoms with E-state index in [0.717, 1.165) is 6.07 Å². The zero-order chi connectivity index (χ0) is 15.7. The molecule has 0 saturated carbocycles. The van der Waals surface area contributed by atoms with E-state index in [1.165, 1.54) is 6.07 Å². The summed E-state index contributed by atoms with van der Waals surface area (Å²) in [7, 11) is 0. The molecule has 0 spiro atoms. The molecule has 8 heteroatoms. The van der Waals surface area contributed by atoms with E-state index < -0.39 is 35.4 Å². The van der Waals surface area contributed by atoms with Crippen LogP contribution in [0.4, 0.5) is 18.9 Å². The van der Waals surface area contributed by atoms with E-state index in [9.17, 15) is 18.0 Å². The summed E-state index contributed by atoms with van der Waals surface area (Å²) in [6.45, 7) is 1.63. The predicted octanol–water partition coefficient (Wildman–Crippen LogP) is 2.85. The summed E-state index contributed by atoms with van der Waals surface area (Å²) >= 11 is 5.70. The van der Waals surface area contributed by atoms with Crippen LogP contribution in [0.15, 0.2) is 12.1 Å². The topological polar surface area (TPSA) is 89.3 Å². The van der Waals surface area contributed by atoms with Crippen LogP contribution in [0.3, 0.4) is 0 Å². The Kier molecular flexibility index (Phi) is 4.88. The van der Waals surface area contributed by atoms with Crippen molar-refractivity contribution in [3.8, 4) is 0 Å². The van der Waals surface area contributed by atoms with Gasteiger partial charge in [0.15, 0.2) is 0 Å². The van der Waals surface area contributed by atoms with Crippen LogP contribution in [0, 0.1) is 0 Å². The van der Waals surface area contributed by atoms with Gasteiger partial charge in [-0.2, -0.15) is 13.2 Å². The minimum atomic E-state index is -4.67. The second-order valence-corrected chi connectivity index (χ2v) is 4.75. The molecule has 0 aliphatic heterocycles. The third kappa shape index (κ3) is 3.34. The molecular formula is C12H14ClF3N2O2. The molecule has 0 amide bonds. The maximum atomic E-state index is 12.8. The molecule has 0 bridgehead atoms.